The number of amides is 1. The fourth-order valence-corrected chi connectivity index (χ4v) is 3.83. The molecule has 1 saturated heterocycles. The molecule has 3 rings (SSSR count). The highest BCUT2D eigenvalue weighted by Crippen LogP contribution is 2.19. The van der Waals surface area contributed by atoms with Crippen LogP contribution in [0.1, 0.15) is 10.4 Å². The van der Waals surface area contributed by atoms with E-state index in [0.29, 0.717) is 25.3 Å². The van der Waals surface area contributed by atoms with Crippen molar-refractivity contribution in [3.05, 3.63) is 59.9 Å². The zero-order valence-corrected chi connectivity index (χ0v) is 16.0. The summed E-state index contributed by atoms with van der Waals surface area (Å²) in [7, 11) is -3.84. The second kappa shape index (κ2) is 9.24. The molecule has 2 N–H and O–H groups in total. The number of hydrogen-bond acceptors (Lipinski definition) is 5. The van der Waals surface area contributed by atoms with Gasteiger partial charge in [-0.25, -0.2) is 17.5 Å². The van der Waals surface area contributed by atoms with Crippen LogP contribution < -0.4 is 10.0 Å². The Labute approximate surface area is 163 Å². The number of morpholine rings is 1. The zero-order valence-electron chi connectivity index (χ0n) is 15.2. The number of ether oxygens (including phenoxy) is 1. The molecule has 0 radical (unpaired) electrons. The maximum Gasteiger partial charge on any atom is 0.255 e. The normalized spacial score (nSPS) is 15.3. The summed E-state index contributed by atoms with van der Waals surface area (Å²) in [5.41, 5.74) is 0.296. The fraction of sp³-hybridized carbons (Fsp3) is 0.316. The van der Waals surface area contributed by atoms with Gasteiger partial charge in [-0.2, -0.15) is 0 Å². The van der Waals surface area contributed by atoms with Crippen LogP contribution in [0.4, 0.5) is 10.1 Å². The Balaban J connectivity index is 1.61. The molecular formula is C19H22FN3O4S. The van der Waals surface area contributed by atoms with E-state index in [2.05, 4.69) is 14.9 Å². The molecule has 0 bridgehead atoms. The van der Waals surface area contributed by atoms with Crippen LogP contribution in [0.5, 0.6) is 0 Å². The highest BCUT2D eigenvalue weighted by Gasteiger charge is 2.18. The minimum absolute atomic E-state index is 0.0823. The minimum Gasteiger partial charge on any atom is -0.379 e. The summed E-state index contributed by atoms with van der Waals surface area (Å²) in [5.74, 6) is -1.29. The van der Waals surface area contributed by atoms with Crippen molar-refractivity contribution in [3.63, 3.8) is 0 Å². The smallest absolute Gasteiger partial charge is 0.255 e. The van der Waals surface area contributed by atoms with Crippen molar-refractivity contribution in [2.45, 2.75) is 4.90 Å². The van der Waals surface area contributed by atoms with Gasteiger partial charge in [0, 0.05) is 31.7 Å². The second-order valence-electron chi connectivity index (χ2n) is 6.31. The molecule has 1 aliphatic rings. The van der Waals surface area contributed by atoms with Crippen molar-refractivity contribution in [2.75, 3.05) is 44.7 Å². The van der Waals surface area contributed by atoms with Crippen LogP contribution in [0.3, 0.4) is 0 Å². The van der Waals surface area contributed by atoms with Crippen LogP contribution in [-0.2, 0) is 14.8 Å². The fourth-order valence-electron chi connectivity index (χ4n) is 2.79. The van der Waals surface area contributed by atoms with Crippen LogP contribution in [0.25, 0.3) is 0 Å². The maximum atomic E-state index is 14.3. The van der Waals surface area contributed by atoms with E-state index < -0.39 is 21.7 Å². The molecule has 2 aromatic rings. The van der Waals surface area contributed by atoms with E-state index in [-0.39, 0.29) is 17.1 Å². The number of hydrogen-bond donors (Lipinski definition) is 2. The van der Waals surface area contributed by atoms with Gasteiger partial charge in [-0.3, -0.25) is 9.69 Å². The van der Waals surface area contributed by atoms with Gasteiger partial charge >= 0.3 is 0 Å². The standard InChI is InChI=1S/C19H22FN3O4S/c20-17-14-16(28(25,26)21-8-9-23-10-12-27-13-11-23)6-7-18(17)22-19(24)15-4-2-1-3-5-15/h1-7,14,21H,8-13H2,(H,22,24). The largest absolute Gasteiger partial charge is 0.379 e. The number of benzene rings is 2. The van der Waals surface area contributed by atoms with Gasteiger partial charge in [0.2, 0.25) is 10.0 Å². The first-order valence-electron chi connectivity index (χ1n) is 8.91. The second-order valence-corrected chi connectivity index (χ2v) is 8.08. The van der Waals surface area contributed by atoms with Crippen LogP contribution in [-0.4, -0.2) is 58.6 Å². The van der Waals surface area contributed by atoms with Crippen LogP contribution >= 0.6 is 0 Å². The quantitative estimate of drug-likeness (QED) is 0.729. The predicted molar refractivity (Wildman–Crippen MR) is 103 cm³/mol. The van der Waals surface area contributed by atoms with Gasteiger partial charge in [-0.1, -0.05) is 18.2 Å². The van der Waals surface area contributed by atoms with Crippen molar-refractivity contribution in [3.8, 4) is 0 Å². The molecule has 7 nitrogen and oxygen atoms in total. The molecule has 2 aromatic carbocycles. The van der Waals surface area contributed by atoms with E-state index >= 15 is 0 Å². The number of halogens is 1. The van der Waals surface area contributed by atoms with Crippen molar-refractivity contribution in [2.24, 2.45) is 0 Å². The molecule has 150 valence electrons. The summed E-state index contributed by atoms with van der Waals surface area (Å²) in [6.07, 6.45) is 0. The van der Waals surface area contributed by atoms with E-state index in [0.717, 1.165) is 19.2 Å². The Morgan fingerprint density at radius 1 is 1.11 bits per heavy atom. The zero-order chi connectivity index (χ0) is 20.0. The molecule has 0 unspecified atom stereocenters. The van der Waals surface area contributed by atoms with E-state index in [4.69, 9.17) is 4.74 Å². The number of carbonyl (C=O) groups excluding carboxylic acids is 1. The topological polar surface area (TPSA) is 87.7 Å². The van der Waals surface area contributed by atoms with Crippen molar-refractivity contribution >= 4 is 21.6 Å². The Morgan fingerprint density at radius 3 is 2.50 bits per heavy atom. The molecule has 0 aromatic heterocycles. The van der Waals surface area contributed by atoms with Gasteiger partial charge in [0.05, 0.1) is 23.8 Å². The number of anilines is 1. The summed E-state index contributed by atoms with van der Waals surface area (Å²) in [4.78, 5) is 14.0. The molecule has 0 aliphatic carbocycles. The first-order valence-corrected chi connectivity index (χ1v) is 10.4. The average molecular weight is 407 g/mol. The minimum atomic E-state index is -3.84. The number of nitrogens with zero attached hydrogens (tertiary/aromatic N) is 1. The summed E-state index contributed by atoms with van der Waals surface area (Å²) >= 11 is 0. The molecule has 0 atom stereocenters. The summed E-state index contributed by atoms with van der Waals surface area (Å²) in [5, 5.41) is 2.44. The third-order valence-electron chi connectivity index (χ3n) is 4.36. The molecule has 0 saturated carbocycles. The Morgan fingerprint density at radius 2 is 1.82 bits per heavy atom. The number of carbonyl (C=O) groups is 1. The van der Waals surface area contributed by atoms with Gasteiger partial charge in [0.25, 0.3) is 5.91 Å². The van der Waals surface area contributed by atoms with E-state index in [9.17, 15) is 17.6 Å². The lowest BCUT2D eigenvalue weighted by atomic mass is 10.2. The molecule has 28 heavy (non-hydrogen) atoms. The molecule has 1 heterocycles. The molecule has 1 aliphatic heterocycles. The highest BCUT2D eigenvalue weighted by atomic mass is 32.2. The summed E-state index contributed by atoms with van der Waals surface area (Å²) < 4.78 is 46.8. The first-order chi connectivity index (χ1) is 13.5. The van der Waals surface area contributed by atoms with E-state index in [1.807, 2.05) is 0 Å². The first kappa shape index (κ1) is 20.4. The summed E-state index contributed by atoms with van der Waals surface area (Å²) in [6.45, 7) is 3.55. The molecular weight excluding hydrogens is 385 g/mol. The van der Waals surface area contributed by atoms with E-state index in [1.54, 1.807) is 30.3 Å². The van der Waals surface area contributed by atoms with E-state index in [1.165, 1.54) is 12.1 Å². The molecule has 1 fully saturated rings. The van der Waals surface area contributed by atoms with Crippen LogP contribution in [0, 0.1) is 5.82 Å². The maximum absolute atomic E-state index is 14.3. The highest BCUT2D eigenvalue weighted by molar-refractivity contribution is 7.89. The predicted octanol–water partition coefficient (Wildman–Crippen LogP) is 1.69. The third-order valence-corrected chi connectivity index (χ3v) is 5.82. The molecule has 0 spiro atoms. The van der Waals surface area contributed by atoms with Crippen LogP contribution in [0.2, 0.25) is 0 Å². The lowest BCUT2D eigenvalue weighted by Crippen LogP contribution is -2.41. The Hall–Kier alpha value is -2.33. The van der Waals surface area contributed by atoms with Crippen LogP contribution in [0.15, 0.2) is 53.4 Å². The Bertz CT molecular complexity index is 916. The van der Waals surface area contributed by atoms with Gasteiger partial charge in [-0.15, -0.1) is 0 Å². The third kappa shape index (κ3) is 5.35. The molecule has 9 heteroatoms. The van der Waals surface area contributed by atoms with Crippen molar-refractivity contribution in [1.29, 1.82) is 0 Å². The number of sulfonamides is 1. The SMILES string of the molecule is O=C(Nc1ccc(S(=O)(=O)NCCN2CCOCC2)cc1F)c1ccccc1. The van der Waals surface area contributed by atoms with Crippen molar-refractivity contribution < 1.29 is 22.3 Å². The lowest BCUT2D eigenvalue weighted by Gasteiger charge is -2.26. The van der Waals surface area contributed by atoms with Crippen molar-refractivity contribution in [1.82, 2.24) is 9.62 Å². The number of rotatable bonds is 7. The van der Waals surface area contributed by atoms with Gasteiger partial charge in [-0.05, 0) is 30.3 Å². The monoisotopic (exact) mass is 407 g/mol. The van der Waals surface area contributed by atoms with Gasteiger partial charge < -0.3 is 10.1 Å². The summed E-state index contributed by atoms with van der Waals surface area (Å²) in [6, 6.07) is 11.8. The molecule has 1 amide bonds. The Kier molecular flexibility index (Phi) is 6.74. The van der Waals surface area contributed by atoms with Gasteiger partial charge in [0.1, 0.15) is 5.82 Å². The average Bonchev–Trinajstić information content (AvgIpc) is 2.70. The lowest BCUT2D eigenvalue weighted by molar-refractivity contribution is 0.0390. The number of nitrogens with one attached hydrogen (secondary N) is 2. The van der Waals surface area contributed by atoms with Gasteiger partial charge in [0.15, 0.2) is 0 Å².